The lowest BCUT2D eigenvalue weighted by Crippen LogP contribution is -2.19. The summed E-state index contributed by atoms with van der Waals surface area (Å²) in [5.41, 5.74) is 4.88. The molecule has 1 N–H and O–H groups in total. The van der Waals surface area contributed by atoms with Gasteiger partial charge in [-0.3, -0.25) is 4.68 Å². The van der Waals surface area contributed by atoms with Crippen LogP contribution in [0.25, 0.3) is 0 Å². The van der Waals surface area contributed by atoms with E-state index >= 15 is 0 Å². The molecular formula is C15H20N2. The lowest BCUT2D eigenvalue weighted by Gasteiger charge is -2.20. The monoisotopic (exact) mass is 228 g/mol. The van der Waals surface area contributed by atoms with Crippen LogP contribution >= 0.6 is 0 Å². The third kappa shape index (κ3) is 3.38. The molecule has 2 aromatic rings. The summed E-state index contributed by atoms with van der Waals surface area (Å²) in [6.07, 6.45) is 7.73. The molecule has 0 saturated carbocycles. The van der Waals surface area contributed by atoms with Gasteiger partial charge in [-0.1, -0.05) is 50.1 Å². The smallest absolute Gasteiger partial charge is 0.0673 e. The zero-order valence-electron chi connectivity index (χ0n) is 10.3. The number of nitrogens with one attached hydrogen (secondary N) is 1. The minimum atomic E-state index is 0.392. The van der Waals surface area contributed by atoms with Crippen LogP contribution in [0.3, 0.4) is 0 Å². The first-order valence-electron chi connectivity index (χ1n) is 6.34. The van der Waals surface area contributed by atoms with Gasteiger partial charge in [0.15, 0.2) is 0 Å². The molecular weight excluding hydrogens is 208 g/mol. The topological polar surface area (TPSA) is 17.0 Å². The van der Waals surface area contributed by atoms with Crippen LogP contribution in [-0.4, -0.2) is 4.68 Å². The Kier molecular flexibility index (Phi) is 4.25. The molecule has 2 nitrogen and oxygen atoms in total. The van der Waals surface area contributed by atoms with Crippen LogP contribution in [0.2, 0.25) is 0 Å². The van der Waals surface area contributed by atoms with E-state index in [-0.39, 0.29) is 0 Å². The molecule has 0 aliphatic rings. The molecule has 1 atom stereocenters. The Bertz CT molecular complexity index is 406. The number of rotatable bonds is 6. The van der Waals surface area contributed by atoms with Crippen molar-refractivity contribution < 1.29 is 0 Å². The average Bonchev–Trinajstić information content (AvgIpc) is 2.88. The van der Waals surface area contributed by atoms with Crippen molar-refractivity contribution in [1.82, 2.24) is 4.68 Å². The van der Waals surface area contributed by atoms with Crippen molar-refractivity contribution in [3.63, 3.8) is 0 Å². The van der Waals surface area contributed by atoms with E-state index in [0.29, 0.717) is 6.04 Å². The van der Waals surface area contributed by atoms with Gasteiger partial charge in [-0.15, -0.1) is 0 Å². The molecule has 0 spiro atoms. The van der Waals surface area contributed by atoms with Crippen LogP contribution in [0.1, 0.15) is 37.8 Å². The molecule has 1 heterocycles. The Balaban J connectivity index is 2.08. The summed E-state index contributed by atoms with van der Waals surface area (Å²) in [5.74, 6) is 0. The van der Waals surface area contributed by atoms with Gasteiger partial charge in [-0.2, -0.15) is 0 Å². The van der Waals surface area contributed by atoms with Crippen molar-refractivity contribution in [2.75, 3.05) is 5.43 Å². The predicted octanol–water partition coefficient (Wildman–Crippen LogP) is 3.96. The molecule has 90 valence electrons. The quantitative estimate of drug-likeness (QED) is 0.791. The number of aromatic nitrogens is 1. The van der Waals surface area contributed by atoms with Crippen LogP contribution in [0, 0.1) is 0 Å². The van der Waals surface area contributed by atoms with Crippen LogP contribution in [0.5, 0.6) is 0 Å². The van der Waals surface area contributed by atoms with E-state index in [1.54, 1.807) is 0 Å². The van der Waals surface area contributed by atoms with E-state index in [2.05, 4.69) is 42.7 Å². The summed E-state index contributed by atoms with van der Waals surface area (Å²) in [6, 6.07) is 15.1. The van der Waals surface area contributed by atoms with Crippen LogP contribution in [0.15, 0.2) is 54.9 Å². The molecule has 1 unspecified atom stereocenters. The molecule has 0 bridgehead atoms. The minimum absolute atomic E-state index is 0.392. The van der Waals surface area contributed by atoms with Crippen molar-refractivity contribution in [1.29, 1.82) is 0 Å². The largest absolute Gasteiger partial charge is 0.319 e. The fourth-order valence-corrected chi connectivity index (χ4v) is 2.00. The van der Waals surface area contributed by atoms with Gasteiger partial charge in [0, 0.05) is 12.4 Å². The van der Waals surface area contributed by atoms with Crippen LogP contribution in [-0.2, 0) is 0 Å². The summed E-state index contributed by atoms with van der Waals surface area (Å²) in [6.45, 7) is 2.23. The first-order chi connectivity index (χ1) is 8.40. The van der Waals surface area contributed by atoms with E-state index < -0.39 is 0 Å². The minimum Gasteiger partial charge on any atom is -0.319 e. The highest BCUT2D eigenvalue weighted by molar-refractivity contribution is 5.21. The highest BCUT2D eigenvalue weighted by Crippen LogP contribution is 2.20. The Hall–Kier alpha value is -1.70. The van der Waals surface area contributed by atoms with E-state index in [1.807, 2.05) is 29.2 Å². The average molecular weight is 228 g/mol. The number of unbranched alkanes of at least 4 members (excludes halogenated alkanes) is 1. The van der Waals surface area contributed by atoms with Crippen molar-refractivity contribution in [3.05, 3.63) is 60.4 Å². The van der Waals surface area contributed by atoms with Gasteiger partial charge in [0.25, 0.3) is 0 Å². The first-order valence-corrected chi connectivity index (χ1v) is 6.34. The maximum absolute atomic E-state index is 3.53. The summed E-state index contributed by atoms with van der Waals surface area (Å²) < 4.78 is 2.04. The van der Waals surface area contributed by atoms with Crippen LogP contribution < -0.4 is 5.43 Å². The second-order valence-electron chi connectivity index (χ2n) is 4.32. The third-order valence-corrected chi connectivity index (χ3v) is 2.96. The van der Waals surface area contributed by atoms with E-state index in [1.165, 1.54) is 24.8 Å². The molecule has 0 radical (unpaired) electrons. The number of hydrogen-bond acceptors (Lipinski definition) is 1. The zero-order valence-corrected chi connectivity index (χ0v) is 10.3. The molecule has 0 aliphatic carbocycles. The van der Waals surface area contributed by atoms with Crippen molar-refractivity contribution in [3.8, 4) is 0 Å². The fraction of sp³-hybridized carbons (Fsp3) is 0.333. The molecule has 2 rings (SSSR count). The van der Waals surface area contributed by atoms with E-state index in [4.69, 9.17) is 0 Å². The molecule has 17 heavy (non-hydrogen) atoms. The van der Waals surface area contributed by atoms with E-state index in [9.17, 15) is 0 Å². The van der Waals surface area contributed by atoms with Gasteiger partial charge >= 0.3 is 0 Å². The molecule has 1 aromatic heterocycles. The van der Waals surface area contributed by atoms with E-state index in [0.717, 1.165) is 0 Å². The standard InChI is InChI=1S/C15H20N2/c1-2-3-11-15(14-9-5-4-6-10-14)16-17-12-7-8-13-17/h4-10,12-13,15-16H,2-3,11H2,1H3. The summed E-state index contributed by atoms with van der Waals surface area (Å²) in [5, 5.41) is 0. The summed E-state index contributed by atoms with van der Waals surface area (Å²) >= 11 is 0. The predicted molar refractivity (Wildman–Crippen MR) is 72.5 cm³/mol. The van der Waals surface area contributed by atoms with Gasteiger partial charge in [-0.25, -0.2) is 0 Å². The molecule has 0 fully saturated rings. The lowest BCUT2D eigenvalue weighted by atomic mass is 10.0. The Labute approximate surface area is 103 Å². The first kappa shape index (κ1) is 11.8. The fourth-order valence-electron chi connectivity index (χ4n) is 2.00. The molecule has 0 saturated heterocycles. The SMILES string of the molecule is CCCCC(Nn1cccc1)c1ccccc1. The van der Waals surface area contributed by atoms with Crippen molar-refractivity contribution >= 4 is 0 Å². The summed E-state index contributed by atoms with van der Waals surface area (Å²) in [4.78, 5) is 0. The second-order valence-corrected chi connectivity index (χ2v) is 4.32. The van der Waals surface area contributed by atoms with Crippen molar-refractivity contribution in [2.24, 2.45) is 0 Å². The third-order valence-electron chi connectivity index (χ3n) is 2.96. The number of nitrogens with zero attached hydrogens (tertiary/aromatic N) is 1. The van der Waals surface area contributed by atoms with Gasteiger partial charge < -0.3 is 5.43 Å². The highest BCUT2D eigenvalue weighted by Gasteiger charge is 2.09. The molecule has 2 heteroatoms. The maximum Gasteiger partial charge on any atom is 0.0673 e. The van der Waals surface area contributed by atoms with Gasteiger partial charge in [0.1, 0.15) is 0 Å². The molecule has 0 amide bonds. The zero-order chi connectivity index (χ0) is 11.9. The maximum atomic E-state index is 3.53. The lowest BCUT2D eigenvalue weighted by molar-refractivity contribution is 0.584. The number of hydrogen-bond donors (Lipinski definition) is 1. The van der Waals surface area contributed by atoms with Crippen molar-refractivity contribution in [2.45, 2.75) is 32.2 Å². The number of benzene rings is 1. The summed E-state index contributed by atoms with van der Waals surface area (Å²) in [7, 11) is 0. The van der Waals surface area contributed by atoms with Gasteiger partial charge in [0.05, 0.1) is 6.04 Å². The molecule has 0 aliphatic heterocycles. The normalized spacial score (nSPS) is 12.3. The van der Waals surface area contributed by atoms with Gasteiger partial charge in [0.2, 0.25) is 0 Å². The Morgan fingerprint density at radius 2 is 1.76 bits per heavy atom. The second kappa shape index (κ2) is 6.14. The highest BCUT2D eigenvalue weighted by atomic mass is 15.4. The molecule has 1 aromatic carbocycles. The van der Waals surface area contributed by atoms with Crippen LogP contribution in [0.4, 0.5) is 0 Å². The Morgan fingerprint density at radius 3 is 2.41 bits per heavy atom. The Morgan fingerprint density at radius 1 is 1.06 bits per heavy atom. The van der Waals surface area contributed by atoms with Gasteiger partial charge in [-0.05, 0) is 24.1 Å².